The molecule has 0 unspecified atom stereocenters. The Bertz CT molecular complexity index is 540. The largest absolute Gasteiger partial charge is 0.354 e. The van der Waals surface area contributed by atoms with E-state index in [1.165, 1.54) is 0 Å². The third-order valence-electron chi connectivity index (χ3n) is 2.60. The Kier molecular flexibility index (Phi) is 4.50. The highest BCUT2D eigenvalue weighted by Gasteiger charge is 2.05. The number of nitrogens with zero attached hydrogens (tertiary/aromatic N) is 1. The number of pyridine rings is 1. The highest BCUT2D eigenvalue weighted by molar-refractivity contribution is 5.94. The lowest BCUT2D eigenvalue weighted by molar-refractivity contribution is 0.0953. The van der Waals surface area contributed by atoms with Gasteiger partial charge in [-0.15, -0.1) is 0 Å². The fourth-order valence-corrected chi connectivity index (χ4v) is 1.66. The van der Waals surface area contributed by atoms with Crippen LogP contribution in [0.25, 0.3) is 0 Å². The molecule has 0 saturated heterocycles. The van der Waals surface area contributed by atoms with Crippen LogP contribution in [0.2, 0.25) is 0 Å². The van der Waals surface area contributed by atoms with Gasteiger partial charge < -0.3 is 10.6 Å². The number of hydrogen-bond acceptors (Lipinski definition) is 3. The number of aromatic nitrogens is 1. The summed E-state index contributed by atoms with van der Waals surface area (Å²) < 4.78 is 0. The van der Waals surface area contributed by atoms with Crippen molar-refractivity contribution in [3.8, 4) is 0 Å². The van der Waals surface area contributed by atoms with E-state index in [-0.39, 0.29) is 5.91 Å². The Morgan fingerprint density at radius 1 is 1.16 bits per heavy atom. The number of rotatable bonds is 5. The number of amides is 1. The molecule has 19 heavy (non-hydrogen) atoms. The summed E-state index contributed by atoms with van der Waals surface area (Å²) >= 11 is 0. The SMILES string of the molecule is CCCNC(=O)c1cncc(Nc2ccccc2)c1. The molecule has 0 saturated carbocycles. The summed E-state index contributed by atoms with van der Waals surface area (Å²) in [5, 5.41) is 6.05. The molecule has 0 atom stereocenters. The van der Waals surface area contributed by atoms with Gasteiger partial charge in [0.2, 0.25) is 0 Å². The van der Waals surface area contributed by atoms with Crippen LogP contribution in [0.1, 0.15) is 23.7 Å². The van der Waals surface area contributed by atoms with Gasteiger partial charge >= 0.3 is 0 Å². The average Bonchev–Trinajstić information content (AvgIpc) is 2.46. The summed E-state index contributed by atoms with van der Waals surface area (Å²) in [5.74, 6) is -0.0916. The van der Waals surface area contributed by atoms with E-state index in [0.29, 0.717) is 12.1 Å². The Balaban J connectivity index is 2.09. The van der Waals surface area contributed by atoms with Gasteiger partial charge in [-0.25, -0.2) is 0 Å². The summed E-state index contributed by atoms with van der Waals surface area (Å²) in [4.78, 5) is 15.9. The van der Waals surface area contributed by atoms with Crippen molar-refractivity contribution >= 4 is 17.3 Å². The van der Waals surface area contributed by atoms with E-state index in [0.717, 1.165) is 17.8 Å². The lowest BCUT2D eigenvalue weighted by Gasteiger charge is -2.08. The Hall–Kier alpha value is -2.36. The number of carbonyl (C=O) groups is 1. The predicted octanol–water partition coefficient (Wildman–Crippen LogP) is 2.97. The number of anilines is 2. The Morgan fingerprint density at radius 2 is 1.95 bits per heavy atom. The van der Waals surface area contributed by atoms with Crippen LogP contribution in [-0.4, -0.2) is 17.4 Å². The van der Waals surface area contributed by atoms with Crippen LogP contribution in [0.4, 0.5) is 11.4 Å². The van der Waals surface area contributed by atoms with Crippen molar-refractivity contribution in [3.63, 3.8) is 0 Å². The summed E-state index contributed by atoms with van der Waals surface area (Å²) in [6, 6.07) is 11.6. The van der Waals surface area contributed by atoms with Crippen molar-refractivity contribution in [2.45, 2.75) is 13.3 Å². The first-order chi connectivity index (χ1) is 9.29. The summed E-state index contributed by atoms with van der Waals surface area (Å²) in [7, 11) is 0. The van der Waals surface area contributed by atoms with Crippen molar-refractivity contribution in [3.05, 3.63) is 54.4 Å². The fourth-order valence-electron chi connectivity index (χ4n) is 1.66. The van der Waals surface area contributed by atoms with Gasteiger partial charge in [-0.1, -0.05) is 25.1 Å². The topological polar surface area (TPSA) is 54.0 Å². The first-order valence-corrected chi connectivity index (χ1v) is 6.35. The van der Waals surface area contributed by atoms with Crippen LogP contribution < -0.4 is 10.6 Å². The van der Waals surface area contributed by atoms with Crippen LogP contribution in [0.15, 0.2) is 48.8 Å². The zero-order valence-electron chi connectivity index (χ0n) is 10.9. The molecule has 1 heterocycles. The van der Waals surface area contributed by atoms with Gasteiger partial charge in [0.05, 0.1) is 17.4 Å². The molecule has 0 aliphatic carbocycles. The van der Waals surface area contributed by atoms with Crippen LogP contribution >= 0.6 is 0 Å². The van der Waals surface area contributed by atoms with Gasteiger partial charge in [-0.05, 0) is 24.6 Å². The number of benzene rings is 1. The molecule has 0 fully saturated rings. The molecule has 4 nitrogen and oxygen atoms in total. The van der Waals surface area contributed by atoms with E-state index in [9.17, 15) is 4.79 Å². The first kappa shape index (κ1) is 13.1. The van der Waals surface area contributed by atoms with Crippen molar-refractivity contribution < 1.29 is 4.79 Å². The van der Waals surface area contributed by atoms with Crippen molar-refractivity contribution in [1.82, 2.24) is 10.3 Å². The normalized spacial score (nSPS) is 9.95. The minimum absolute atomic E-state index is 0.0916. The van der Waals surface area contributed by atoms with Gasteiger partial charge in [-0.3, -0.25) is 9.78 Å². The van der Waals surface area contributed by atoms with E-state index in [1.54, 1.807) is 18.5 Å². The quantitative estimate of drug-likeness (QED) is 0.863. The second kappa shape index (κ2) is 6.54. The summed E-state index contributed by atoms with van der Waals surface area (Å²) in [5.41, 5.74) is 2.33. The van der Waals surface area contributed by atoms with E-state index in [1.807, 2.05) is 37.3 Å². The smallest absolute Gasteiger partial charge is 0.252 e. The van der Waals surface area contributed by atoms with Gasteiger partial charge in [0.25, 0.3) is 5.91 Å². The molecule has 1 amide bonds. The summed E-state index contributed by atoms with van der Waals surface area (Å²) in [6.07, 6.45) is 4.19. The van der Waals surface area contributed by atoms with Crippen LogP contribution in [0, 0.1) is 0 Å². The highest BCUT2D eigenvalue weighted by Crippen LogP contribution is 2.15. The minimum Gasteiger partial charge on any atom is -0.354 e. The molecule has 1 aromatic carbocycles. The third-order valence-corrected chi connectivity index (χ3v) is 2.60. The van der Waals surface area contributed by atoms with Gasteiger partial charge in [0.1, 0.15) is 0 Å². The first-order valence-electron chi connectivity index (χ1n) is 6.35. The molecule has 0 bridgehead atoms. The maximum Gasteiger partial charge on any atom is 0.252 e. The van der Waals surface area contributed by atoms with Gasteiger partial charge in [0, 0.05) is 18.4 Å². The monoisotopic (exact) mass is 255 g/mol. The molecule has 4 heteroatoms. The Morgan fingerprint density at radius 3 is 2.68 bits per heavy atom. The van der Waals surface area contributed by atoms with Crippen LogP contribution in [-0.2, 0) is 0 Å². The molecular formula is C15H17N3O. The van der Waals surface area contributed by atoms with Crippen molar-refractivity contribution in [2.75, 3.05) is 11.9 Å². The lowest BCUT2D eigenvalue weighted by Crippen LogP contribution is -2.24. The van der Waals surface area contributed by atoms with Crippen LogP contribution in [0.5, 0.6) is 0 Å². The maximum atomic E-state index is 11.8. The van der Waals surface area contributed by atoms with Crippen molar-refractivity contribution in [2.24, 2.45) is 0 Å². The van der Waals surface area contributed by atoms with Gasteiger partial charge in [-0.2, -0.15) is 0 Å². The molecule has 2 rings (SSSR count). The van der Waals surface area contributed by atoms with E-state index in [4.69, 9.17) is 0 Å². The molecular weight excluding hydrogens is 238 g/mol. The third kappa shape index (κ3) is 3.81. The molecule has 0 spiro atoms. The van der Waals surface area contributed by atoms with Crippen LogP contribution in [0.3, 0.4) is 0 Å². The lowest BCUT2D eigenvalue weighted by atomic mass is 10.2. The zero-order chi connectivity index (χ0) is 13.5. The minimum atomic E-state index is -0.0916. The molecule has 2 aromatic rings. The van der Waals surface area contributed by atoms with E-state index < -0.39 is 0 Å². The molecule has 2 N–H and O–H groups in total. The average molecular weight is 255 g/mol. The number of para-hydroxylation sites is 1. The number of carbonyl (C=O) groups excluding carboxylic acids is 1. The standard InChI is InChI=1S/C15H17N3O/c1-2-8-17-15(19)12-9-14(11-16-10-12)18-13-6-4-3-5-7-13/h3-7,9-11,18H,2,8H2,1H3,(H,17,19). The fraction of sp³-hybridized carbons (Fsp3) is 0.200. The van der Waals surface area contributed by atoms with Gasteiger partial charge in [0.15, 0.2) is 0 Å². The second-order valence-corrected chi connectivity index (χ2v) is 4.21. The molecule has 0 radical (unpaired) electrons. The summed E-state index contributed by atoms with van der Waals surface area (Å²) in [6.45, 7) is 2.70. The van der Waals surface area contributed by atoms with E-state index in [2.05, 4.69) is 15.6 Å². The van der Waals surface area contributed by atoms with Crippen molar-refractivity contribution in [1.29, 1.82) is 0 Å². The van der Waals surface area contributed by atoms with E-state index >= 15 is 0 Å². The zero-order valence-corrected chi connectivity index (χ0v) is 10.9. The molecule has 0 aliphatic heterocycles. The number of hydrogen-bond donors (Lipinski definition) is 2. The number of nitrogens with one attached hydrogen (secondary N) is 2. The highest BCUT2D eigenvalue weighted by atomic mass is 16.1. The second-order valence-electron chi connectivity index (χ2n) is 4.21. The Labute approximate surface area is 112 Å². The molecule has 98 valence electrons. The molecule has 0 aliphatic rings. The maximum absolute atomic E-state index is 11.8. The molecule has 1 aromatic heterocycles. The predicted molar refractivity (Wildman–Crippen MR) is 76.6 cm³/mol.